The van der Waals surface area contributed by atoms with Crippen LogP contribution in [0, 0.1) is 12.8 Å². The van der Waals surface area contributed by atoms with E-state index in [1.165, 1.54) is 19.5 Å². The average Bonchev–Trinajstić information content (AvgIpc) is 2.37. The van der Waals surface area contributed by atoms with Crippen molar-refractivity contribution in [3.63, 3.8) is 0 Å². The maximum atomic E-state index is 11.9. The summed E-state index contributed by atoms with van der Waals surface area (Å²) in [5, 5.41) is 2.62. The van der Waals surface area contributed by atoms with Crippen molar-refractivity contribution in [1.82, 2.24) is 15.3 Å². The quantitative estimate of drug-likeness (QED) is 0.806. The molecule has 1 aromatic heterocycles. The van der Waals surface area contributed by atoms with Gasteiger partial charge < -0.3 is 10.1 Å². The molecule has 0 bridgehead atoms. The molecular formula is C13H19N3O3. The minimum Gasteiger partial charge on any atom is -0.467 e. The number of rotatable bonds is 5. The van der Waals surface area contributed by atoms with Crippen LogP contribution in [0.3, 0.4) is 0 Å². The van der Waals surface area contributed by atoms with Gasteiger partial charge in [-0.25, -0.2) is 9.78 Å². The van der Waals surface area contributed by atoms with E-state index in [-0.39, 0.29) is 11.6 Å². The number of nitrogens with zero attached hydrogens (tertiary/aromatic N) is 2. The van der Waals surface area contributed by atoms with Crippen molar-refractivity contribution in [2.75, 3.05) is 7.11 Å². The topological polar surface area (TPSA) is 81.2 Å². The Balaban J connectivity index is 2.75. The van der Waals surface area contributed by atoms with Gasteiger partial charge in [0.15, 0.2) is 0 Å². The van der Waals surface area contributed by atoms with Gasteiger partial charge in [-0.2, -0.15) is 0 Å². The lowest BCUT2D eigenvalue weighted by molar-refractivity contribution is -0.143. The molecule has 1 N–H and O–H groups in total. The lowest BCUT2D eigenvalue weighted by Gasteiger charge is -2.17. The summed E-state index contributed by atoms with van der Waals surface area (Å²) in [6.45, 7) is 5.71. The van der Waals surface area contributed by atoms with Crippen LogP contribution < -0.4 is 5.32 Å². The molecule has 0 aromatic carbocycles. The fraction of sp³-hybridized carbons (Fsp3) is 0.538. The summed E-state index contributed by atoms with van der Waals surface area (Å²) < 4.78 is 4.68. The van der Waals surface area contributed by atoms with Crippen LogP contribution in [0.5, 0.6) is 0 Å². The van der Waals surface area contributed by atoms with Gasteiger partial charge in [-0.3, -0.25) is 9.78 Å². The molecule has 0 unspecified atom stereocenters. The van der Waals surface area contributed by atoms with Crippen molar-refractivity contribution in [2.45, 2.75) is 33.2 Å². The lowest BCUT2D eigenvalue weighted by Crippen LogP contribution is -2.42. The monoisotopic (exact) mass is 265 g/mol. The molecule has 0 radical (unpaired) electrons. The predicted molar refractivity (Wildman–Crippen MR) is 69.5 cm³/mol. The normalized spacial score (nSPS) is 12.1. The van der Waals surface area contributed by atoms with Crippen LogP contribution in [0.4, 0.5) is 0 Å². The van der Waals surface area contributed by atoms with E-state index in [1.54, 1.807) is 6.92 Å². The zero-order valence-electron chi connectivity index (χ0n) is 11.6. The summed E-state index contributed by atoms with van der Waals surface area (Å²) in [7, 11) is 1.30. The highest BCUT2D eigenvalue weighted by Gasteiger charge is 2.23. The van der Waals surface area contributed by atoms with Crippen LogP contribution in [-0.4, -0.2) is 35.0 Å². The molecule has 1 rings (SSSR count). The summed E-state index contributed by atoms with van der Waals surface area (Å²) in [6.07, 6.45) is 3.40. The molecule has 0 saturated heterocycles. The molecule has 1 heterocycles. The highest BCUT2D eigenvalue weighted by Crippen LogP contribution is 2.07. The van der Waals surface area contributed by atoms with Gasteiger partial charge in [-0.15, -0.1) is 0 Å². The van der Waals surface area contributed by atoms with Gasteiger partial charge in [-0.1, -0.05) is 13.8 Å². The molecule has 1 atom stereocenters. The van der Waals surface area contributed by atoms with Gasteiger partial charge in [-0.05, 0) is 19.3 Å². The van der Waals surface area contributed by atoms with Gasteiger partial charge >= 0.3 is 5.97 Å². The number of carbonyl (C=O) groups excluding carboxylic acids is 2. The maximum Gasteiger partial charge on any atom is 0.328 e. The standard InChI is InChI=1S/C13H19N3O3/c1-8(2)5-10(13(18)19-4)16-12(17)11-7-14-9(3)6-15-11/h6-8,10H,5H2,1-4H3,(H,16,17)/t10-/m1/s1. The van der Waals surface area contributed by atoms with Crippen LogP contribution in [0.1, 0.15) is 36.5 Å². The summed E-state index contributed by atoms with van der Waals surface area (Å²) in [5.74, 6) is -0.626. The number of nitrogens with one attached hydrogen (secondary N) is 1. The summed E-state index contributed by atoms with van der Waals surface area (Å²) in [4.78, 5) is 31.5. The van der Waals surface area contributed by atoms with Crippen molar-refractivity contribution >= 4 is 11.9 Å². The molecule has 104 valence electrons. The molecule has 19 heavy (non-hydrogen) atoms. The van der Waals surface area contributed by atoms with E-state index in [0.717, 1.165) is 5.69 Å². The van der Waals surface area contributed by atoms with E-state index in [1.807, 2.05) is 13.8 Å². The van der Waals surface area contributed by atoms with Crippen molar-refractivity contribution in [3.8, 4) is 0 Å². The van der Waals surface area contributed by atoms with E-state index in [2.05, 4.69) is 20.0 Å². The van der Waals surface area contributed by atoms with E-state index in [4.69, 9.17) is 0 Å². The number of esters is 1. The van der Waals surface area contributed by atoms with Crippen LogP contribution in [-0.2, 0) is 9.53 Å². The molecule has 6 nitrogen and oxygen atoms in total. The highest BCUT2D eigenvalue weighted by molar-refractivity contribution is 5.94. The van der Waals surface area contributed by atoms with Crippen molar-refractivity contribution in [2.24, 2.45) is 5.92 Å². The first kappa shape index (κ1) is 15.1. The number of aryl methyl sites for hydroxylation is 1. The van der Waals surface area contributed by atoms with Crippen LogP contribution in [0.25, 0.3) is 0 Å². The summed E-state index contributed by atoms with van der Waals surface area (Å²) in [6, 6.07) is -0.666. The van der Waals surface area contributed by atoms with E-state index in [9.17, 15) is 9.59 Å². The van der Waals surface area contributed by atoms with Crippen molar-refractivity contribution in [3.05, 3.63) is 23.8 Å². The molecule has 0 spiro atoms. The predicted octanol–water partition coefficient (Wildman–Crippen LogP) is 1.10. The second-order valence-corrected chi connectivity index (χ2v) is 4.72. The Labute approximate surface area is 112 Å². The van der Waals surface area contributed by atoms with Gasteiger partial charge in [0, 0.05) is 6.20 Å². The molecule has 6 heteroatoms. The number of methoxy groups -OCH3 is 1. The van der Waals surface area contributed by atoms with Gasteiger partial charge in [0.1, 0.15) is 11.7 Å². The average molecular weight is 265 g/mol. The fourth-order valence-electron chi connectivity index (χ4n) is 1.57. The summed E-state index contributed by atoms with van der Waals surface area (Å²) in [5.41, 5.74) is 0.909. The first-order valence-corrected chi connectivity index (χ1v) is 6.11. The van der Waals surface area contributed by atoms with Crippen LogP contribution in [0.15, 0.2) is 12.4 Å². The first-order valence-electron chi connectivity index (χ1n) is 6.11. The largest absolute Gasteiger partial charge is 0.467 e. The van der Waals surface area contributed by atoms with Gasteiger partial charge in [0.2, 0.25) is 0 Å². The third kappa shape index (κ3) is 4.65. The Morgan fingerprint density at radius 2 is 2.00 bits per heavy atom. The van der Waals surface area contributed by atoms with E-state index in [0.29, 0.717) is 6.42 Å². The molecule has 0 saturated carbocycles. The molecule has 0 aliphatic rings. The van der Waals surface area contributed by atoms with Crippen LogP contribution in [0.2, 0.25) is 0 Å². The number of hydrogen-bond donors (Lipinski definition) is 1. The molecule has 1 aromatic rings. The minimum absolute atomic E-state index is 0.184. The number of carbonyl (C=O) groups is 2. The zero-order valence-corrected chi connectivity index (χ0v) is 11.6. The Bertz CT molecular complexity index is 443. The van der Waals surface area contributed by atoms with Crippen molar-refractivity contribution < 1.29 is 14.3 Å². The van der Waals surface area contributed by atoms with E-state index >= 15 is 0 Å². The fourth-order valence-corrected chi connectivity index (χ4v) is 1.57. The SMILES string of the molecule is COC(=O)[C@@H](CC(C)C)NC(=O)c1cnc(C)cn1. The maximum absolute atomic E-state index is 11.9. The molecule has 0 aliphatic carbocycles. The Hall–Kier alpha value is -1.98. The number of aromatic nitrogens is 2. The number of hydrogen-bond acceptors (Lipinski definition) is 5. The molecular weight excluding hydrogens is 246 g/mol. The van der Waals surface area contributed by atoms with Crippen LogP contribution >= 0.6 is 0 Å². The van der Waals surface area contributed by atoms with Gasteiger partial charge in [0.25, 0.3) is 5.91 Å². The van der Waals surface area contributed by atoms with Crippen molar-refractivity contribution in [1.29, 1.82) is 0 Å². The first-order chi connectivity index (χ1) is 8.93. The van der Waals surface area contributed by atoms with E-state index < -0.39 is 17.9 Å². The Morgan fingerprint density at radius 1 is 1.32 bits per heavy atom. The van der Waals surface area contributed by atoms with Gasteiger partial charge in [0.05, 0.1) is 19.0 Å². The number of amides is 1. The molecule has 1 amide bonds. The third-order valence-corrected chi connectivity index (χ3v) is 2.51. The zero-order chi connectivity index (χ0) is 14.4. The number of ether oxygens (including phenoxy) is 1. The lowest BCUT2D eigenvalue weighted by atomic mass is 10.0. The Kier molecular flexibility index (Phi) is 5.41. The second-order valence-electron chi connectivity index (χ2n) is 4.72. The highest BCUT2D eigenvalue weighted by atomic mass is 16.5. The smallest absolute Gasteiger partial charge is 0.328 e. The summed E-state index contributed by atoms with van der Waals surface area (Å²) >= 11 is 0. The molecule has 0 fully saturated rings. The minimum atomic E-state index is -0.666. The second kappa shape index (κ2) is 6.82. The Morgan fingerprint density at radius 3 is 2.47 bits per heavy atom. The third-order valence-electron chi connectivity index (χ3n) is 2.51. The molecule has 0 aliphatic heterocycles.